The third kappa shape index (κ3) is 5.08. The molecule has 4 aromatic heterocycles. The monoisotopic (exact) mass is 551 g/mol. The number of thiazole rings is 1. The molecule has 0 aliphatic heterocycles. The van der Waals surface area contributed by atoms with Crippen LogP contribution in [0.4, 0.5) is 15.3 Å². The summed E-state index contributed by atoms with van der Waals surface area (Å²) in [6, 6.07) is 12.1. The van der Waals surface area contributed by atoms with Crippen molar-refractivity contribution in [3.05, 3.63) is 77.2 Å². The Morgan fingerprint density at radius 1 is 1.10 bits per heavy atom. The highest BCUT2D eigenvalue weighted by molar-refractivity contribution is 7.16. The second-order valence-electron chi connectivity index (χ2n) is 9.98. The number of nitriles is 1. The van der Waals surface area contributed by atoms with E-state index < -0.39 is 0 Å². The minimum absolute atomic E-state index is 0.194. The number of imidazole rings is 1. The zero-order chi connectivity index (χ0) is 27.8. The van der Waals surface area contributed by atoms with E-state index in [1.807, 2.05) is 41.6 Å². The van der Waals surface area contributed by atoms with Crippen LogP contribution in [0.2, 0.25) is 0 Å². The number of aromatic nitrogens is 5. The van der Waals surface area contributed by atoms with Gasteiger partial charge in [-0.05, 0) is 61.6 Å². The van der Waals surface area contributed by atoms with Crippen molar-refractivity contribution in [2.45, 2.75) is 39.0 Å². The van der Waals surface area contributed by atoms with Crippen LogP contribution in [-0.4, -0.2) is 37.2 Å². The fourth-order valence-corrected chi connectivity index (χ4v) is 5.60. The molecule has 0 atom stereocenters. The number of aryl methyl sites for hydroxylation is 1. The Hall–Kier alpha value is -4.49. The highest BCUT2D eigenvalue weighted by atomic mass is 32.1. The Morgan fingerprint density at radius 3 is 2.50 bits per heavy atom. The third-order valence-corrected chi connectivity index (χ3v) is 8.08. The highest BCUT2D eigenvalue weighted by Gasteiger charge is 2.25. The minimum Gasteiger partial charge on any atom is -0.305 e. The first-order valence-corrected chi connectivity index (χ1v) is 14.0. The van der Waals surface area contributed by atoms with Crippen LogP contribution in [0.1, 0.15) is 42.6 Å². The summed E-state index contributed by atoms with van der Waals surface area (Å²) in [6.45, 7) is 2.05. The summed E-state index contributed by atoms with van der Waals surface area (Å²) < 4.78 is 15.5. The van der Waals surface area contributed by atoms with Gasteiger partial charge in [-0.1, -0.05) is 18.3 Å². The molecular weight excluding hydrogens is 525 g/mol. The molecule has 1 aliphatic rings. The first-order chi connectivity index (χ1) is 19.4. The van der Waals surface area contributed by atoms with E-state index in [0.29, 0.717) is 45.9 Å². The number of carbonyl (C=O) groups is 1. The fraction of sp³-hybridized carbons (Fsp3) is 0.267. The van der Waals surface area contributed by atoms with Crippen LogP contribution in [0.3, 0.4) is 0 Å². The molecule has 8 nitrogen and oxygen atoms in total. The van der Waals surface area contributed by atoms with Crippen molar-refractivity contribution in [3.63, 3.8) is 0 Å². The Balaban J connectivity index is 1.33. The van der Waals surface area contributed by atoms with Gasteiger partial charge in [0.2, 0.25) is 0 Å². The average Bonchev–Trinajstić information content (AvgIpc) is 3.54. The number of benzene rings is 1. The summed E-state index contributed by atoms with van der Waals surface area (Å²) in [6.07, 6.45) is 9.39. The molecular formula is C30H26FN7OS. The van der Waals surface area contributed by atoms with E-state index in [2.05, 4.69) is 16.0 Å². The SMILES string of the molecule is CCc1nc2ccc(-c3cnc(CC(=O)CC4CC4)nc3)cn2c1N(C)c1nc(-c2ccc(F)cc2)c(C#N)s1. The largest absolute Gasteiger partial charge is 0.305 e. The van der Waals surface area contributed by atoms with Gasteiger partial charge in [0.15, 0.2) is 5.13 Å². The summed E-state index contributed by atoms with van der Waals surface area (Å²) in [4.78, 5) is 33.1. The smallest absolute Gasteiger partial charge is 0.192 e. The summed E-state index contributed by atoms with van der Waals surface area (Å²) in [7, 11) is 1.90. The van der Waals surface area contributed by atoms with Crippen LogP contribution < -0.4 is 4.90 Å². The quantitative estimate of drug-likeness (QED) is 0.216. The fourth-order valence-electron chi connectivity index (χ4n) is 4.75. The maximum Gasteiger partial charge on any atom is 0.192 e. The number of anilines is 2. The van der Waals surface area contributed by atoms with Gasteiger partial charge in [0.05, 0.1) is 12.1 Å². The van der Waals surface area contributed by atoms with E-state index in [1.54, 1.807) is 24.5 Å². The van der Waals surface area contributed by atoms with Crippen molar-refractivity contribution < 1.29 is 9.18 Å². The van der Waals surface area contributed by atoms with Crippen molar-refractivity contribution in [2.24, 2.45) is 5.92 Å². The molecule has 0 unspecified atom stereocenters. The average molecular weight is 552 g/mol. The van der Waals surface area contributed by atoms with Crippen molar-refractivity contribution in [1.82, 2.24) is 24.3 Å². The van der Waals surface area contributed by atoms with Gasteiger partial charge in [-0.3, -0.25) is 9.20 Å². The summed E-state index contributed by atoms with van der Waals surface area (Å²) >= 11 is 1.28. The van der Waals surface area contributed by atoms with Gasteiger partial charge in [-0.25, -0.2) is 24.3 Å². The van der Waals surface area contributed by atoms with Gasteiger partial charge in [0, 0.05) is 48.7 Å². The number of halogens is 1. The lowest BCUT2D eigenvalue weighted by molar-refractivity contribution is -0.118. The second-order valence-corrected chi connectivity index (χ2v) is 11.0. The lowest BCUT2D eigenvalue weighted by Gasteiger charge is -2.17. The zero-order valence-corrected chi connectivity index (χ0v) is 23.0. The molecule has 1 saturated carbocycles. The molecule has 1 fully saturated rings. The lowest BCUT2D eigenvalue weighted by atomic mass is 10.1. The number of nitrogens with zero attached hydrogens (tertiary/aromatic N) is 7. The number of hydrogen-bond donors (Lipinski definition) is 0. The normalized spacial score (nSPS) is 12.9. The summed E-state index contributed by atoms with van der Waals surface area (Å²) in [5.74, 6) is 1.79. The number of Topliss-reactive ketones (excluding diaryl/α,β-unsaturated/α-hetero) is 1. The Morgan fingerprint density at radius 2 is 1.82 bits per heavy atom. The topological polar surface area (TPSA) is 100 Å². The van der Waals surface area contributed by atoms with Gasteiger partial charge < -0.3 is 4.90 Å². The molecule has 0 spiro atoms. The lowest BCUT2D eigenvalue weighted by Crippen LogP contribution is -2.13. The Kier molecular flexibility index (Phi) is 6.82. The first kappa shape index (κ1) is 25.8. The molecule has 200 valence electrons. The number of rotatable bonds is 9. The third-order valence-electron chi connectivity index (χ3n) is 7.04. The predicted octanol–water partition coefficient (Wildman–Crippen LogP) is 6.17. The van der Waals surface area contributed by atoms with E-state index in [0.717, 1.165) is 41.1 Å². The van der Waals surface area contributed by atoms with E-state index in [1.165, 1.54) is 23.5 Å². The standard InChI is InChI=1S/C30H26FN7OS/c1-3-24-29(37(2)30-36-28(25(14-32)40-30)19-6-9-22(31)10-7-19)38-17-20(8-11-27(38)35-24)21-15-33-26(34-16-21)13-23(39)12-18-4-5-18/h6-11,15-18H,3-5,12-13H2,1-2H3. The van der Waals surface area contributed by atoms with Gasteiger partial charge in [0.25, 0.3) is 0 Å². The molecule has 4 heterocycles. The minimum atomic E-state index is -0.342. The van der Waals surface area contributed by atoms with Gasteiger partial charge in [0.1, 0.15) is 45.5 Å². The molecule has 10 heteroatoms. The van der Waals surface area contributed by atoms with Crippen LogP contribution in [-0.2, 0) is 17.6 Å². The van der Waals surface area contributed by atoms with Crippen molar-refractivity contribution >= 4 is 33.7 Å². The second kappa shape index (κ2) is 10.6. The maximum absolute atomic E-state index is 13.5. The first-order valence-electron chi connectivity index (χ1n) is 13.2. The Labute approximate surface area is 234 Å². The van der Waals surface area contributed by atoms with Crippen molar-refractivity contribution in [3.8, 4) is 28.5 Å². The predicted molar refractivity (Wildman–Crippen MR) is 152 cm³/mol. The molecule has 0 amide bonds. The Bertz CT molecular complexity index is 1750. The molecule has 1 aliphatic carbocycles. The molecule has 1 aromatic carbocycles. The van der Waals surface area contributed by atoms with E-state index in [9.17, 15) is 14.4 Å². The van der Waals surface area contributed by atoms with Crippen LogP contribution in [0, 0.1) is 23.1 Å². The van der Waals surface area contributed by atoms with Crippen LogP contribution in [0.5, 0.6) is 0 Å². The van der Waals surface area contributed by atoms with Gasteiger partial charge in [-0.2, -0.15) is 5.26 Å². The van der Waals surface area contributed by atoms with Crippen LogP contribution in [0.25, 0.3) is 28.0 Å². The molecule has 0 N–H and O–H groups in total. The summed E-state index contributed by atoms with van der Waals surface area (Å²) in [5, 5.41) is 10.4. The van der Waals surface area contributed by atoms with Crippen LogP contribution >= 0.6 is 11.3 Å². The van der Waals surface area contributed by atoms with Crippen molar-refractivity contribution in [2.75, 3.05) is 11.9 Å². The molecule has 40 heavy (non-hydrogen) atoms. The van der Waals surface area contributed by atoms with Crippen LogP contribution in [0.15, 0.2) is 55.0 Å². The number of carbonyl (C=O) groups excluding carboxylic acids is 1. The number of hydrogen-bond acceptors (Lipinski definition) is 8. The summed E-state index contributed by atoms with van der Waals surface area (Å²) in [5.41, 5.74) is 4.61. The van der Waals surface area contributed by atoms with Gasteiger partial charge in [-0.15, -0.1) is 0 Å². The van der Waals surface area contributed by atoms with E-state index >= 15 is 0 Å². The van der Waals surface area contributed by atoms with Crippen molar-refractivity contribution in [1.29, 1.82) is 5.26 Å². The molecule has 5 aromatic rings. The highest BCUT2D eigenvalue weighted by Crippen LogP contribution is 2.37. The number of ketones is 1. The maximum atomic E-state index is 13.5. The number of fused-ring (bicyclic) bond motifs is 1. The van der Waals surface area contributed by atoms with E-state index in [4.69, 9.17) is 9.97 Å². The zero-order valence-electron chi connectivity index (χ0n) is 22.1. The van der Waals surface area contributed by atoms with E-state index in [-0.39, 0.29) is 18.0 Å². The molecule has 0 radical (unpaired) electrons. The molecule has 0 bridgehead atoms. The molecule has 6 rings (SSSR count). The number of pyridine rings is 1. The molecule has 0 saturated heterocycles. The van der Waals surface area contributed by atoms with Gasteiger partial charge >= 0.3 is 0 Å².